The van der Waals surface area contributed by atoms with Gasteiger partial charge in [-0.15, -0.1) is 0 Å². The van der Waals surface area contributed by atoms with Crippen LogP contribution in [0.3, 0.4) is 0 Å². The zero-order valence-electron chi connectivity index (χ0n) is 11.6. The molecule has 2 rings (SSSR count). The minimum absolute atomic E-state index is 0.0964. The van der Waals surface area contributed by atoms with Crippen LogP contribution in [0.2, 0.25) is 0 Å². The van der Waals surface area contributed by atoms with Crippen molar-refractivity contribution in [3.05, 3.63) is 54.2 Å². The van der Waals surface area contributed by atoms with Crippen LogP contribution in [-0.2, 0) is 9.84 Å². The number of anilines is 1. The highest BCUT2D eigenvalue weighted by atomic mass is 32.2. The molecule has 4 nitrogen and oxygen atoms in total. The van der Waals surface area contributed by atoms with Crippen LogP contribution in [0.25, 0.3) is 0 Å². The van der Waals surface area contributed by atoms with Crippen LogP contribution in [-0.4, -0.2) is 26.2 Å². The van der Waals surface area contributed by atoms with Crippen molar-refractivity contribution in [2.75, 3.05) is 18.1 Å². The first-order valence-electron chi connectivity index (χ1n) is 6.42. The van der Waals surface area contributed by atoms with Crippen molar-refractivity contribution >= 4 is 15.5 Å². The molecule has 1 unspecified atom stereocenters. The van der Waals surface area contributed by atoms with Gasteiger partial charge in [0.15, 0.2) is 14.9 Å². The molecule has 0 aliphatic rings. The Morgan fingerprint density at radius 1 is 1.15 bits per heavy atom. The molecule has 2 aromatic rings. The molecule has 1 heterocycles. The molecule has 0 bridgehead atoms. The van der Waals surface area contributed by atoms with E-state index in [0.29, 0.717) is 5.92 Å². The maximum Gasteiger partial charge on any atom is 0.192 e. The van der Waals surface area contributed by atoms with E-state index in [1.54, 1.807) is 12.3 Å². The van der Waals surface area contributed by atoms with Crippen molar-refractivity contribution in [2.24, 2.45) is 0 Å². The molecule has 106 valence electrons. The van der Waals surface area contributed by atoms with Crippen LogP contribution >= 0.6 is 0 Å². The quantitative estimate of drug-likeness (QED) is 0.920. The molecule has 0 saturated carbocycles. The fraction of sp³-hybridized carbons (Fsp3) is 0.267. The molecular formula is C15H18N2O2S. The van der Waals surface area contributed by atoms with Crippen LogP contribution in [0.1, 0.15) is 18.4 Å². The van der Waals surface area contributed by atoms with Crippen LogP contribution in [0.15, 0.2) is 53.7 Å². The predicted octanol–water partition coefficient (Wildman–Crippen LogP) is 2.70. The SMILES string of the molecule is CC(CNc1ccc(S(C)(=O)=O)nc1)c1ccccc1. The number of hydrogen-bond acceptors (Lipinski definition) is 4. The first kappa shape index (κ1) is 14.5. The summed E-state index contributed by atoms with van der Waals surface area (Å²) < 4.78 is 22.6. The Morgan fingerprint density at radius 2 is 1.85 bits per heavy atom. The van der Waals surface area contributed by atoms with Crippen LogP contribution in [0.5, 0.6) is 0 Å². The molecule has 0 aliphatic carbocycles. The van der Waals surface area contributed by atoms with Gasteiger partial charge in [0.05, 0.1) is 11.9 Å². The summed E-state index contributed by atoms with van der Waals surface area (Å²) in [6, 6.07) is 13.5. The van der Waals surface area contributed by atoms with Crippen molar-refractivity contribution in [1.82, 2.24) is 4.98 Å². The summed E-state index contributed by atoms with van der Waals surface area (Å²) in [5, 5.41) is 3.36. The summed E-state index contributed by atoms with van der Waals surface area (Å²) in [4.78, 5) is 3.95. The van der Waals surface area contributed by atoms with Gasteiger partial charge in [0.25, 0.3) is 0 Å². The van der Waals surface area contributed by atoms with E-state index in [2.05, 4.69) is 29.4 Å². The van der Waals surface area contributed by atoms with Gasteiger partial charge in [0.2, 0.25) is 0 Å². The third-order valence-corrected chi connectivity index (χ3v) is 4.10. The summed E-state index contributed by atoms with van der Waals surface area (Å²) in [6.45, 7) is 2.91. The summed E-state index contributed by atoms with van der Waals surface area (Å²) in [7, 11) is -3.23. The van der Waals surface area contributed by atoms with Gasteiger partial charge in [-0.25, -0.2) is 13.4 Å². The topological polar surface area (TPSA) is 59.1 Å². The molecule has 1 N–H and O–H groups in total. The maximum atomic E-state index is 11.3. The third-order valence-electron chi connectivity index (χ3n) is 3.10. The lowest BCUT2D eigenvalue weighted by atomic mass is 10.0. The highest BCUT2D eigenvalue weighted by Gasteiger charge is 2.08. The van der Waals surface area contributed by atoms with Crippen molar-refractivity contribution < 1.29 is 8.42 Å². The molecule has 0 saturated heterocycles. The molecule has 1 atom stereocenters. The molecule has 1 aromatic carbocycles. The predicted molar refractivity (Wildman–Crippen MR) is 80.7 cm³/mol. The van der Waals surface area contributed by atoms with Gasteiger partial charge < -0.3 is 5.32 Å². The average Bonchev–Trinajstić information content (AvgIpc) is 2.45. The fourth-order valence-electron chi connectivity index (χ4n) is 1.87. The molecule has 5 heteroatoms. The van der Waals surface area contributed by atoms with Gasteiger partial charge in [-0.1, -0.05) is 37.3 Å². The Morgan fingerprint density at radius 3 is 2.40 bits per heavy atom. The number of hydrogen-bond donors (Lipinski definition) is 1. The summed E-state index contributed by atoms with van der Waals surface area (Å²) in [6.07, 6.45) is 2.70. The lowest BCUT2D eigenvalue weighted by Gasteiger charge is -2.13. The summed E-state index contributed by atoms with van der Waals surface area (Å²) in [5.74, 6) is 0.366. The Kier molecular flexibility index (Phi) is 4.39. The third kappa shape index (κ3) is 3.81. The normalized spacial score (nSPS) is 12.9. The summed E-state index contributed by atoms with van der Waals surface area (Å²) >= 11 is 0. The zero-order chi connectivity index (χ0) is 14.6. The van der Waals surface area contributed by atoms with Gasteiger partial charge in [-0.2, -0.15) is 0 Å². The number of benzene rings is 1. The van der Waals surface area contributed by atoms with Crippen LogP contribution < -0.4 is 5.32 Å². The second-order valence-corrected chi connectivity index (χ2v) is 6.81. The average molecular weight is 290 g/mol. The lowest BCUT2D eigenvalue weighted by Crippen LogP contribution is -2.10. The number of nitrogens with zero attached hydrogens (tertiary/aromatic N) is 1. The van der Waals surface area contributed by atoms with E-state index < -0.39 is 9.84 Å². The number of rotatable bonds is 5. The Labute approximate surface area is 119 Å². The molecule has 0 amide bonds. The summed E-state index contributed by atoms with van der Waals surface area (Å²) in [5.41, 5.74) is 2.08. The Balaban J connectivity index is 1.98. The minimum Gasteiger partial charge on any atom is -0.383 e. The zero-order valence-corrected chi connectivity index (χ0v) is 12.4. The van der Waals surface area contributed by atoms with Gasteiger partial charge in [0, 0.05) is 12.8 Å². The Hall–Kier alpha value is -1.88. The van der Waals surface area contributed by atoms with E-state index in [0.717, 1.165) is 18.5 Å². The van der Waals surface area contributed by atoms with Crippen molar-refractivity contribution in [3.8, 4) is 0 Å². The van der Waals surface area contributed by atoms with E-state index in [9.17, 15) is 8.42 Å². The van der Waals surface area contributed by atoms with E-state index in [-0.39, 0.29) is 5.03 Å². The second kappa shape index (κ2) is 6.05. The number of nitrogens with one attached hydrogen (secondary N) is 1. The fourth-order valence-corrected chi connectivity index (χ4v) is 2.43. The highest BCUT2D eigenvalue weighted by molar-refractivity contribution is 7.90. The highest BCUT2D eigenvalue weighted by Crippen LogP contribution is 2.16. The van der Waals surface area contributed by atoms with Gasteiger partial charge >= 0.3 is 0 Å². The molecule has 0 aliphatic heterocycles. The molecule has 1 aromatic heterocycles. The van der Waals surface area contributed by atoms with E-state index >= 15 is 0 Å². The molecule has 20 heavy (non-hydrogen) atoms. The largest absolute Gasteiger partial charge is 0.383 e. The second-order valence-electron chi connectivity index (χ2n) is 4.85. The van der Waals surface area contributed by atoms with Crippen LogP contribution in [0, 0.1) is 0 Å². The first-order valence-corrected chi connectivity index (χ1v) is 8.31. The molecule has 0 radical (unpaired) electrons. The van der Waals surface area contributed by atoms with E-state index in [1.165, 1.54) is 11.6 Å². The van der Waals surface area contributed by atoms with Crippen molar-refractivity contribution in [1.29, 1.82) is 0 Å². The number of aromatic nitrogens is 1. The Bertz CT molecular complexity index is 652. The van der Waals surface area contributed by atoms with E-state index in [1.807, 2.05) is 18.2 Å². The smallest absolute Gasteiger partial charge is 0.192 e. The van der Waals surface area contributed by atoms with Crippen molar-refractivity contribution in [3.63, 3.8) is 0 Å². The molecular weight excluding hydrogens is 272 g/mol. The number of sulfone groups is 1. The monoisotopic (exact) mass is 290 g/mol. The van der Waals surface area contributed by atoms with Gasteiger partial charge in [0.1, 0.15) is 0 Å². The van der Waals surface area contributed by atoms with Gasteiger partial charge in [-0.3, -0.25) is 0 Å². The maximum absolute atomic E-state index is 11.3. The van der Waals surface area contributed by atoms with Crippen molar-refractivity contribution in [2.45, 2.75) is 17.9 Å². The molecule has 0 fully saturated rings. The minimum atomic E-state index is -3.23. The lowest BCUT2D eigenvalue weighted by molar-refractivity contribution is 0.598. The van der Waals surface area contributed by atoms with Crippen LogP contribution in [0.4, 0.5) is 5.69 Å². The molecule has 0 spiro atoms. The standard InChI is InChI=1S/C15H18N2O2S/c1-12(13-6-4-3-5-7-13)10-16-14-8-9-15(17-11-14)20(2,18)19/h3-9,11-12,16H,10H2,1-2H3. The first-order chi connectivity index (χ1) is 9.47. The van der Waals surface area contributed by atoms with Gasteiger partial charge in [-0.05, 0) is 23.6 Å². The van der Waals surface area contributed by atoms with E-state index in [4.69, 9.17) is 0 Å². The number of pyridine rings is 1.